The van der Waals surface area contributed by atoms with Crippen LogP contribution in [0.4, 0.5) is 0 Å². The van der Waals surface area contributed by atoms with E-state index in [-0.39, 0.29) is 0 Å². The van der Waals surface area contributed by atoms with Crippen molar-refractivity contribution >= 4 is 27.7 Å². The van der Waals surface area contributed by atoms with Crippen molar-refractivity contribution in [2.24, 2.45) is 0 Å². The third kappa shape index (κ3) is 4.11. The maximum atomic E-state index is 3.61. The molecule has 0 fully saturated rings. The van der Waals surface area contributed by atoms with Gasteiger partial charge in [-0.3, -0.25) is 0 Å². The van der Waals surface area contributed by atoms with Crippen molar-refractivity contribution < 1.29 is 0 Å². The zero-order valence-electron chi connectivity index (χ0n) is 11.9. The Hall–Kier alpha value is -0.770. The van der Waals surface area contributed by atoms with Crippen LogP contribution in [0.3, 0.4) is 0 Å². The first-order valence-corrected chi connectivity index (χ1v) is 8.87. The van der Waals surface area contributed by atoms with Crippen molar-refractivity contribution in [3.8, 4) is 0 Å². The summed E-state index contributed by atoms with van der Waals surface area (Å²) < 4.78 is 1.14. The molecule has 1 atom stereocenters. The lowest BCUT2D eigenvalue weighted by Crippen LogP contribution is -2.23. The molecule has 0 aliphatic heterocycles. The quantitative estimate of drug-likeness (QED) is 0.731. The van der Waals surface area contributed by atoms with Crippen molar-refractivity contribution in [1.29, 1.82) is 0 Å². The molecule has 0 spiro atoms. The summed E-state index contributed by atoms with van der Waals surface area (Å²) in [6.45, 7) is 3.14. The Morgan fingerprint density at radius 2 is 1.95 bits per heavy atom. The summed E-state index contributed by atoms with van der Waals surface area (Å²) in [4.78, 5) is 1.36. The molecule has 1 nitrogen and oxygen atoms in total. The summed E-state index contributed by atoms with van der Waals surface area (Å²) in [6, 6.07) is 17.6. The van der Waals surface area contributed by atoms with Crippen LogP contribution in [0.15, 0.2) is 57.9 Å². The van der Waals surface area contributed by atoms with Crippen LogP contribution in [0.25, 0.3) is 0 Å². The van der Waals surface area contributed by atoms with Crippen LogP contribution >= 0.6 is 27.7 Å². The van der Waals surface area contributed by atoms with E-state index in [0.717, 1.165) is 17.4 Å². The van der Waals surface area contributed by atoms with Gasteiger partial charge in [0, 0.05) is 15.4 Å². The summed E-state index contributed by atoms with van der Waals surface area (Å²) in [5.74, 6) is 0. The van der Waals surface area contributed by atoms with Crippen LogP contribution < -0.4 is 5.32 Å². The van der Waals surface area contributed by atoms with Crippen LogP contribution in [-0.4, -0.2) is 12.8 Å². The summed E-state index contributed by atoms with van der Waals surface area (Å²) >= 11 is 5.36. The Bertz CT molecular complexity index is 556. The molecule has 0 aliphatic rings. The first-order chi connectivity index (χ1) is 9.74. The Labute approximate surface area is 134 Å². The largest absolute Gasteiger partial charge is 0.310 e. The third-order valence-corrected chi connectivity index (χ3v) is 4.60. The second-order valence-electron chi connectivity index (χ2n) is 4.69. The fraction of sp³-hybridized carbons (Fsp3) is 0.294. The maximum absolute atomic E-state index is 3.61. The molecule has 0 heterocycles. The molecule has 20 heavy (non-hydrogen) atoms. The van der Waals surface area contributed by atoms with Gasteiger partial charge in [0.15, 0.2) is 0 Å². The minimum absolute atomic E-state index is 0.359. The van der Waals surface area contributed by atoms with Crippen molar-refractivity contribution in [3.63, 3.8) is 0 Å². The molecule has 0 saturated heterocycles. The van der Waals surface area contributed by atoms with Gasteiger partial charge >= 0.3 is 0 Å². The second kappa shape index (κ2) is 7.87. The first kappa shape index (κ1) is 15.6. The van der Waals surface area contributed by atoms with Crippen molar-refractivity contribution in [1.82, 2.24) is 5.32 Å². The molecule has 0 aromatic heterocycles. The van der Waals surface area contributed by atoms with Gasteiger partial charge in [0.25, 0.3) is 0 Å². The van der Waals surface area contributed by atoms with E-state index in [9.17, 15) is 0 Å². The minimum Gasteiger partial charge on any atom is -0.310 e. The number of benzene rings is 2. The van der Waals surface area contributed by atoms with E-state index >= 15 is 0 Å². The van der Waals surface area contributed by atoms with Gasteiger partial charge in [0.05, 0.1) is 0 Å². The van der Waals surface area contributed by atoms with E-state index in [4.69, 9.17) is 0 Å². The van der Waals surface area contributed by atoms with Gasteiger partial charge in [-0.25, -0.2) is 0 Å². The van der Waals surface area contributed by atoms with Gasteiger partial charge in [-0.2, -0.15) is 0 Å². The minimum atomic E-state index is 0.359. The average Bonchev–Trinajstić information content (AvgIpc) is 2.47. The summed E-state index contributed by atoms with van der Waals surface area (Å²) in [5, 5.41) is 3.61. The highest BCUT2D eigenvalue weighted by molar-refractivity contribution is 9.10. The van der Waals surface area contributed by atoms with Crippen molar-refractivity contribution in [2.75, 3.05) is 12.8 Å². The monoisotopic (exact) mass is 349 g/mol. The third-order valence-electron chi connectivity index (χ3n) is 3.29. The molecule has 0 amide bonds. The molecule has 1 unspecified atom stereocenters. The van der Waals surface area contributed by atoms with Crippen LogP contribution in [0.1, 0.15) is 24.1 Å². The number of hydrogen-bond acceptors (Lipinski definition) is 2. The first-order valence-electron chi connectivity index (χ1n) is 6.85. The number of likely N-dealkylation sites (N-methyl/N-ethyl adjacent to an activating group) is 1. The van der Waals surface area contributed by atoms with E-state index in [2.05, 4.69) is 83.0 Å². The fourth-order valence-electron chi connectivity index (χ4n) is 2.39. The Kier molecular flexibility index (Phi) is 6.14. The van der Waals surface area contributed by atoms with Gasteiger partial charge < -0.3 is 5.32 Å². The molecule has 3 heteroatoms. The van der Waals surface area contributed by atoms with Gasteiger partial charge in [0.1, 0.15) is 0 Å². The standard InChI is InChI=1S/C17H20BrNS/c1-3-19-16(12-13-7-6-8-14(18)11-13)15-9-4-5-10-17(15)20-2/h4-11,16,19H,3,12H2,1-2H3. The van der Waals surface area contributed by atoms with E-state index < -0.39 is 0 Å². The van der Waals surface area contributed by atoms with E-state index in [1.54, 1.807) is 0 Å². The number of hydrogen-bond donors (Lipinski definition) is 1. The maximum Gasteiger partial charge on any atom is 0.0371 e. The lowest BCUT2D eigenvalue weighted by Gasteiger charge is -2.21. The molecule has 0 saturated carbocycles. The van der Waals surface area contributed by atoms with Crippen molar-refractivity contribution in [3.05, 3.63) is 64.1 Å². The van der Waals surface area contributed by atoms with Crippen LogP contribution in [-0.2, 0) is 6.42 Å². The predicted octanol–water partition coefficient (Wildman–Crippen LogP) is 5.06. The molecule has 2 aromatic rings. The summed E-state index contributed by atoms with van der Waals surface area (Å²) in [5.41, 5.74) is 2.74. The van der Waals surface area contributed by atoms with E-state index in [1.807, 2.05) is 11.8 Å². The van der Waals surface area contributed by atoms with Gasteiger partial charge in [0.2, 0.25) is 0 Å². The lowest BCUT2D eigenvalue weighted by atomic mass is 9.99. The molecule has 1 N–H and O–H groups in total. The number of rotatable bonds is 6. The molecule has 0 bridgehead atoms. The van der Waals surface area contributed by atoms with E-state index in [1.165, 1.54) is 16.0 Å². The average molecular weight is 350 g/mol. The Morgan fingerprint density at radius 3 is 2.65 bits per heavy atom. The number of thioether (sulfide) groups is 1. The smallest absolute Gasteiger partial charge is 0.0371 e. The topological polar surface area (TPSA) is 12.0 Å². The summed E-state index contributed by atoms with van der Waals surface area (Å²) in [6.07, 6.45) is 3.14. The van der Waals surface area contributed by atoms with Crippen LogP contribution in [0, 0.1) is 0 Å². The van der Waals surface area contributed by atoms with Crippen molar-refractivity contribution in [2.45, 2.75) is 24.3 Å². The zero-order valence-corrected chi connectivity index (χ0v) is 14.3. The molecule has 0 aliphatic carbocycles. The fourth-order valence-corrected chi connectivity index (χ4v) is 3.50. The highest BCUT2D eigenvalue weighted by Gasteiger charge is 2.14. The Morgan fingerprint density at radius 1 is 1.15 bits per heavy atom. The Balaban J connectivity index is 2.26. The molecule has 0 radical (unpaired) electrons. The molecule has 2 aromatic carbocycles. The van der Waals surface area contributed by atoms with Gasteiger partial charge in [-0.15, -0.1) is 11.8 Å². The predicted molar refractivity (Wildman–Crippen MR) is 92.5 cm³/mol. The second-order valence-corrected chi connectivity index (χ2v) is 6.45. The number of halogens is 1. The SMILES string of the molecule is CCNC(Cc1cccc(Br)c1)c1ccccc1SC. The van der Waals surface area contributed by atoms with Crippen LogP contribution in [0.5, 0.6) is 0 Å². The zero-order chi connectivity index (χ0) is 14.4. The normalized spacial score (nSPS) is 12.3. The molecule has 2 rings (SSSR count). The number of nitrogens with one attached hydrogen (secondary N) is 1. The highest BCUT2D eigenvalue weighted by atomic mass is 79.9. The molecule has 106 valence electrons. The molecular formula is C17H20BrNS. The summed E-state index contributed by atoms with van der Waals surface area (Å²) in [7, 11) is 0. The van der Waals surface area contributed by atoms with Gasteiger partial charge in [-0.1, -0.05) is 53.2 Å². The van der Waals surface area contributed by atoms with E-state index in [0.29, 0.717) is 6.04 Å². The van der Waals surface area contributed by atoms with Gasteiger partial charge in [-0.05, 0) is 48.5 Å². The lowest BCUT2D eigenvalue weighted by molar-refractivity contribution is 0.542. The van der Waals surface area contributed by atoms with Crippen LogP contribution in [0.2, 0.25) is 0 Å². The highest BCUT2D eigenvalue weighted by Crippen LogP contribution is 2.28. The molecular weight excluding hydrogens is 330 g/mol.